The van der Waals surface area contributed by atoms with Crippen molar-refractivity contribution < 1.29 is 30.0 Å². The molecule has 0 unspecified atom stereocenters. The number of hydrogen-bond donors (Lipinski definition) is 2. The highest BCUT2D eigenvalue weighted by atomic mass is 32.2. The zero-order chi connectivity index (χ0) is 22.5. The number of nitrogens with one attached hydrogen (secondary N) is 2. The quantitative estimate of drug-likeness (QED) is 0.583. The average Bonchev–Trinajstić information content (AvgIpc) is 2.59. The molecule has 0 saturated heterocycles. The van der Waals surface area contributed by atoms with Crippen molar-refractivity contribution in [2.75, 3.05) is 22.1 Å². The van der Waals surface area contributed by atoms with Crippen LogP contribution in [-0.4, -0.2) is 34.4 Å². The Morgan fingerprint density at radius 3 is 1.43 bits per heavy atom. The number of hydrogen-bond acceptors (Lipinski definition) is 7. The molecular formula is C19H24N2O7S2. The van der Waals surface area contributed by atoms with Gasteiger partial charge < -0.3 is 19.0 Å². The average molecular weight is 457 g/mol. The number of carbonyl (C=O) groups is 1. The molecule has 0 bridgehead atoms. The highest BCUT2D eigenvalue weighted by Crippen LogP contribution is 2.24. The van der Waals surface area contributed by atoms with Crippen LogP contribution in [0.4, 0.5) is 16.2 Å². The minimum Gasteiger partial charge on any atom is -0.382 e. The van der Waals surface area contributed by atoms with E-state index in [-0.39, 0.29) is 23.0 Å². The van der Waals surface area contributed by atoms with Crippen LogP contribution in [0.5, 0.6) is 11.5 Å². The highest BCUT2D eigenvalue weighted by Gasteiger charge is 2.13. The van der Waals surface area contributed by atoms with Gasteiger partial charge in [0, 0.05) is 23.5 Å². The van der Waals surface area contributed by atoms with Gasteiger partial charge in [0.05, 0.1) is 11.5 Å². The van der Waals surface area contributed by atoms with E-state index in [1.54, 1.807) is 26.0 Å². The van der Waals surface area contributed by atoms with Crippen molar-refractivity contribution in [1.29, 1.82) is 0 Å². The number of amides is 2. The van der Waals surface area contributed by atoms with Crippen LogP contribution in [0.2, 0.25) is 0 Å². The Bertz CT molecular complexity index is 1050. The van der Waals surface area contributed by atoms with Crippen LogP contribution in [0.3, 0.4) is 0 Å². The first kappa shape index (κ1) is 23.5. The number of carbonyl (C=O) groups excluding carboxylic acids is 1. The number of rotatable bonds is 8. The van der Waals surface area contributed by atoms with Gasteiger partial charge in [0.2, 0.25) is 0 Å². The van der Waals surface area contributed by atoms with E-state index < -0.39 is 26.3 Å². The van der Waals surface area contributed by atoms with Gasteiger partial charge in [-0.05, 0) is 63.1 Å². The first-order valence-corrected chi connectivity index (χ1v) is 12.2. The Morgan fingerprint density at radius 1 is 0.733 bits per heavy atom. The lowest BCUT2D eigenvalue weighted by Crippen LogP contribution is -2.20. The predicted molar refractivity (Wildman–Crippen MR) is 115 cm³/mol. The van der Waals surface area contributed by atoms with Crippen LogP contribution in [0, 0.1) is 13.8 Å². The molecule has 0 atom stereocenters. The summed E-state index contributed by atoms with van der Waals surface area (Å²) in [7, 11) is -7.40. The van der Waals surface area contributed by atoms with Crippen molar-refractivity contribution >= 4 is 37.6 Å². The van der Waals surface area contributed by atoms with Gasteiger partial charge >= 0.3 is 26.3 Å². The second kappa shape index (κ2) is 9.35. The fourth-order valence-electron chi connectivity index (χ4n) is 2.44. The summed E-state index contributed by atoms with van der Waals surface area (Å²) >= 11 is 0. The molecule has 0 aliphatic carbocycles. The van der Waals surface area contributed by atoms with E-state index in [9.17, 15) is 21.6 Å². The zero-order valence-corrected chi connectivity index (χ0v) is 18.7. The van der Waals surface area contributed by atoms with Crippen molar-refractivity contribution in [2.45, 2.75) is 27.7 Å². The molecule has 2 aromatic rings. The monoisotopic (exact) mass is 456 g/mol. The first-order valence-electron chi connectivity index (χ1n) is 9.07. The van der Waals surface area contributed by atoms with Gasteiger partial charge in [-0.25, -0.2) is 4.79 Å². The van der Waals surface area contributed by atoms with Crippen LogP contribution < -0.4 is 19.0 Å². The summed E-state index contributed by atoms with van der Waals surface area (Å²) in [6, 6.07) is 8.52. The molecule has 9 nitrogen and oxygen atoms in total. The Morgan fingerprint density at radius 2 is 1.10 bits per heavy atom. The van der Waals surface area contributed by atoms with Crippen molar-refractivity contribution in [3.05, 3.63) is 47.5 Å². The SMILES string of the molecule is CCS(=O)(=O)Oc1cc(C)cc(NC(=O)Nc2cc(C)cc(OS(=O)(=O)CC)c2)c1. The molecule has 0 aliphatic heterocycles. The van der Waals surface area contributed by atoms with Crippen LogP contribution in [0.25, 0.3) is 0 Å². The lowest BCUT2D eigenvalue weighted by Gasteiger charge is -2.12. The minimum absolute atomic E-state index is 0.0863. The molecule has 0 aliphatic rings. The molecule has 2 N–H and O–H groups in total. The normalized spacial score (nSPS) is 11.6. The first-order chi connectivity index (χ1) is 13.9. The van der Waals surface area contributed by atoms with Gasteiger partial charge in [-0.3, -0.25) is 0 Å². The second-order valence-corrected chi connectivity index (χ2v) is 10.2. The molecule has 2 rings (SSSR count). The summed E-state index contributed by atoms with van der Waals surface area (Å²) in [5.41, 5.74) is 2.02. The third-order valence-corrected chi connectivity index (χ3v) is 6.08. The van der Waals surface area contributed by atoms with Crippen LogP contribution >= 0.6 is 0 Å². The van der Waals surface area contributed by atoms with E-state index in [4.69, 9.17) is 8.37 Å². The standard InChI is InChI=1S/C19H24N2O7S2/c1-5-29(23,24)27-17-9-13(3)7-15(11-17)20-19(22)21-16-8-14(4)10-18(12-16)28-30(25,26)6-2/h7-12H,5-6H2,1-4H3,(H2,20,21,22). The number of aryl methyl sites for hydroxylation is 2. The summed E-state index contributed by atoms with van der Waals surface area (Å²) < 4.78 is 56.6. The third kappa shape index (κ3) is 7.23. The lowest BCUT2D eigenvalue weighted by molar-refractivity contribution is 0.262. The van der Waals surface area contributed by atoms with Gasteiger partial charge in [0.1, 0.15) is 11.5 Å². The van der Waals surface area contributed by atoms with Crippen molar-refractivity contribution in [3.8, 4) is 11.5 Å². The van der Waals surface area contributed by atoms with Gasteiger partial charge in [0.25, 0.3) is 0 Å². The number of anilines is 2. The van der Waals surface area contributed by atoms with Crippen LogP contribution in [-0.2, 0) is 20.2 Å². The fraction of sp³-hybridized carbons (Fsp3) is 0.316. The Kier molecular flexibility index (Phi) is 7.32. The van der Waals surface area contributed by atoms with Crippen LogP contribution in [0.15, 0.2) is 36.4 Å². The lowest BCUT2D eigenvalue weighted by atomic mass is 10.2. The maximum Gasteiger partial charge on any atom is 0.323 e. The number of urea groups is 1. The summed E-state index contributed by atoms with van der Waals surface area (Å²) in [4.78, 5) is 12.4. The maximum absolute atomic E-state index is 12.4. The molecule has 0 radical (unpaired) electrons. The molecule has 0 saturated carbocycles. The van der Waals surface area contributed by atoms with Crippen molar-refractivity contribution in [3.63, 3.8) is 0 Å². The smallest absolute Gasteiger partial charge is 0.323 e. The summed E-state index contributed by atoms with van der Waals surface area (Å²) in [5, 5.41) is 5.18. The largest absolute Gasteiger partial charge is 0.382 e. The predicted octanol–water partition coefficient (Wildman–Crippen LogP) is 3.40. The molecule has 2 amide bonds. The van der Waals surface area contributed by atoms with Gasteiger partial charge in [0.15, 0.2) is 0 Å². The van der Waals surface area contributed by atoms with Crippen molar-refractivity contribution in [2.24, 2.45) is 0 Å². The molecule has 2 aromatic carbocycles. The van der Waals surface area contributed by atoms with Gasteiger partial charge in [-0.15, -0.1) is 0 Å². The highest BCUT2D eigenvalue weighted by molar-refractivity contribution is 7.87. The zero-order valence-electron chi connectivity index (χ0n) is 17.1. The Hall–Kier alpha value is -2.79. The molecule has 11 heteroatoms. The Labute approximate surface area is 176 Å². The van der Waals surface area contributed by atoms with Crippen LogP contribution in [0.1, 0.15) is 25.0 Å². The summed E-state index contributed by atoms with van der Waals surface area (Å²) in [5.74, 6) is -0.197. The van der Waals surface area contributed by atoms with Gasteiger partial charge in [-0.2, -0.15) is 16.8 Å². The van der Waals surface area contributed by atoms with E-state index in [0.29, 0.717) is 22.5 Å². The van der Waals surface area contributed by atoms with E-state index in [1.807, 2.05) is 0 Å². The van der Waals surface area contributed by atoms with Crippen molar-refractivity contribution in [1.82, 2.24) is 0 Å². The second-order valence-electron chi connectivity index (χ2n) is 6.51. The van der Waals surface area contributed by atoms with E-state index in [1.165, 1.54) is 38.1 Å². The molecule has 0 fully saturated rings. The fourth-order valence-corrected chi connectivity index (χ4v) is 3.46. The molecule has 164 valence electrons. The van der Waals surface area contributed by atoms with E-state index in [0.717, 1.165) is 0 Å². The maximum atomic E-state index is 12.4. The molecule has 30 heavy (non-hydrogen) atoms. The molecule has 0 aromatic heterocycles. The topological polar surface area (TPSA) is 128 Å². The molecule has 0 spiro atoms. The molecular weight excluding hydrogens is 432 g/mol. The summed E-state index contributed by atoms with van der Waals surface area (Å²) in [6.45, 7) is 6.38. The third-order valence-electron chi connectivity index (χ3n) is 3.77. The van der Waals surface area contributed by atoms with E-state index >= 15 is 0 Å². The number of benzene rings is 2. The summed E-state index contributed by atoms with van der Waals surface area (Å²) in [6.07, 6.45) is 0. The van der Waals surface area contributed by atoms with Gasteiger partial charge in [-0.1, -0.05) is 0 Å². The minimum atomic E-state index is -3.70. The van der Waals surface area contributed by atoms with E-state index in [2.05, 4.69) is 10.6 Å². The molecule has 0 heterocycles. The Balaban J connectivity index is 2.16.